The lowest BCUT2D eigenvalue weighted by Crippen LogP contribution is -2.31. The summed E-state index contributed by atoms with van der Waals surface area (Å²) in [5.41, 5.74) is 1.95. The van der Waals surface area contributed by atoms with Crippen LogP contribution in [-0.4, -0.2) is 39.8 Å². The van der Waals surface area contributed by atoms with E-state index in [1.165, 1.54) is 24.2 Å². The van der Waals surface area contributed by atoms with Crippen molar-refractivity contribution in [1.82, 2.24) is 20.2 Å². The smallest absolute Gasteiger partial charge is 0.263 e. The number of para-hydroxylation sites is 2. The van der Waals surface area contributed by atoms with Crippen LogP contribution in [-0.2, 0) is 4.79 Å². The van der Waals surface area contributed by atoms with Gasteiger partial charge < -0.3 is 15.2 Å². The predicted molar refractivity (Wildman–Crippen MR) is 122 cm³/mol. The molecule has 0 bridgehead atoms. The zero-order valence-corrected chi connectivity index (χ0v) is 18.6. The Balaban J connectivity index is 1.19. The fraction of sp³-hybridized carbons (Fsp3) is 0.458. The van der Waals surface area contributed by atoms with E-state index in [0.29, 0.717) is 0 Å². The van der Waals surface area contributed by atoms with Crippen molar-refractivity contribution in [2.24, 2.45) is 5.92 Å². The standard InChI is InChI=1S/C24H28N4O2S/c1-15(20-10-11-21(31-20)24(30)28-12-6-2-3-7-13-28)25-23(29)17-14-16(17)22-26-18-8-4-5-9-19(18)27-22/h4-5,8-11,15-17H,2-3,6-7,12-14H2,1H3,(H,25,29)(H,26,27)/t15-,16?,17?/m1/s1. The Labute approximate surface area is 186 Å². The number of carbonyl (C=O) groups is 2. The maximum absolute atomic E-state index is 12.8. The molecular formula is C24H28N4O2S. The van der Waals surface area contributed by atoms with Crippen LogP contribution < -0.4 is 5.32 Å². The summed E-state index contributed by atoms with van der Waals surface area (Å²) < 4.78 is 0. The Hall–Kier alpha value is -2.67. The number of carbonyl (C=O) groups excluding carboxylic acids is 2. The second-order valence-corrected chi connectivity index (χ2v) is 9.84. The van der Waals surface area contributed by atoms with Crippen LogP contribution in [0.5, 0.6) is 0 Å². The minimum absolute atomic E-state index is 0.0406. The van der Waals surface area contributed by atoms with Gasteiger partial charge in [0.2, 0.25) is 5.91 Å². The third-order valence-corrected chi connectivity index (χ3v) is 7.66. The van der Waals surface area contributed by atoms with E-state index in [4.69, 9.17) is 0 Å². The predicted octanol–water partition coefficient (Wildman–Crippen LogP) is 4.62. The average Bonchev–Trinajstić information content (AvgIpc) is 3.34. The van der Waals surface area contributed by atoms with Gasteiger partial charge in [-0.15, -0.1) is 11.3 Å². The van der Waals surface area contributed by atoms with Gasteiger partial charge in [0.1, 0.15) is 5.82 Å². The molecule has 0 radical (unpaired) electrons. The Morgan fingerprint density at radius 2 is 1.90 bits per heavy atom. The van der Waals surface area contributed by atoms with E-state index in [1.807, 2.05) is 48.2 Å². The largest absolute Gasteiger partial charge is 0.349 e. The highest BCUT2D eigenvalue weighted by Gasteiger charge is 2.46. The zero-order chi connectivity index (χ0) is 21.4. The maximum Gasteiger partial charge on any atom is 0.263 e. The number of hydrogen-bond donors (Lipinski definition) is 2. The number of likely N-dealkylation sites (tertiary alicyclic amines) is 1. The van der Waals surface area contributed by atoms with Gasteiger partial charge in [-0.3, -0.25) is 9.59 Å². The highest BCUT2D eigenvalue weighted by molar-refractivity contribution is 7.14. The number of amides is 2. The van der Waals surface area contributed by atoms with Gasteiger partial charge in [0.05, 0.1) is 22.0 Å². The van der Waals surface area contributed by atoms with Crippen molar-refractivity contribution in [1.29, 1.82) is 0 Å². The van der Waals surface area contributed by atoms with Crippen LogP contribution in [0.15, 0.2) is 36.4 Å². The molecule has 6 nitrogen and oxygen atoms in total. The summed E-state index contributed by atoms with van der Waals surface area (Å²) in [7, 11) is 0. The number of H-pyrrole nitrogens is 1. The van der Waals surface area contributed by atoms with Gasteiger partial charge in [0.25, 0.3) is 5.91 Å². The minimum atomic E-state index is -0.111. The van der Waals surface area contributed by atoms with Crippen LogP contribution >= 0.6 is 11.3 Å². The summed E-state index contributed by atoms with van der Waals surface area (Å²) in [6.07, 6.45) is 5.41. The van der Waals surface area contributed by atoms with Crippen molar-refractivity contribution in [3.05, 3.63) is 52.0 Å². The Bertz CT molecular complexity index is 1060. The molecule has 0 spiro atoms. The van der Waals surface area contributed by atoms with E-state index in [-0.39, 0.29) is 29.7 Å². The molecule has 7 heteroatoms. The van der Waals surface area contributed by atoms with Crippen LogP contribution in [0.25, 0.3) is 11.0 Å². The number of benzene rings is 1. The molecule has 31 heavy (non-hydrogen) atoms. The van der Waals surface area contributed by atoms with Crippen LogP contribution in [0.2, 0.25) is 0 Å². The summed E-state index contributed by atoms with van der Waals surface area (Å²) in [6.45, 7) is 3.69. The zero-order valence-electron chi connectivity index (χ0n) is 17.8. The van der Waals surface area contributed by atoms with Crippen LogP contribution in [0.3, 0.4) is 0 Å². The average molecular weight is 437 g/mol. The molecule has 2 aliphatic rings. The van der Waals surface area contributed by atoms with E-state index < -0.39 is 0 Å². The summed E-state index contributed by atoms with van der Waals surface area (Å²) in [6, 6.07) is 11.7. The summed E-state index contributed by atoms with van der Waals surface area (Å²) in [5, 5.41) is 3.14. The third kappa shape index (κ3) is 4.24. The van der Waals surface area contributed by atoms with Crippen molar-refractivity contribution in [2.75, 3.05) is 13.1 Å². The number of nitrogens with zero attached hydrogens (tertiary/aromatic N) is 2. The first-order chi connectivity index (χ1) is 15.1. The maximum atomic E-state index is 12.8. The molecule has 3 atom stereocenters. The Morgan fingerprint density at radius 1 is 1.13 bits per heavy atom. The van der Waals surface area contributed by atoms with Crippen molar-refractivity contribution in [2.45, 2.75) is 51.0 Å². The topological polar surface area (TPSA) is 78.1 Å². The second kappa shape index (κ2) is 8.46. The van der Waals surface area contributed by atoms with Crippen LogP contribution in [0, 0.1) is 5.92 Å². The molecule has 5 rings (SSSR count). The van der Waals surface area contributed by atoms with Gasteiger partial charge in [-0.1, -0.05) is 25.0 Å². The first-order valence-electron chi connectivity index (χ1n) is 11.2. The van der Waals surface area contributed by atoms with E-state index in [0.717, 1.165) is 59.0 Å². The van der Waals surface area contributed by atoms with Crippen LogP contribution in [0.1, 0.15) is 71.4 Å². The van der Waals surface area contributed by atoms with Gasteiger partial charge in [-0.05, 0) is 50.5 Å². The molecular weight excluding hydrogens is 408 g/mol. The fourth-order valence-electron chi connectivity index (χ4n) is 4.46. The number of hydrogen-bond acceptors (Lipinski definition) is 4. The molecule has 1 aliphatic carbocycles. The molecule has 2 N–H and O–H groups in total. The summed E-state index contributed by atoms with van der Waals surface area (Å²) in [5.74, 6) is 1.20. The number of aromatic nitrogens is 2. The summed E-state index contributed by atoms with van der Waals surface area (Å²) in [4.78, 5) is 37.4. The number of nitrogens with one attached hydrogen (secondary N) is 2. The first kappa shape index (κ1) is 20.2. The molecule has 1 saturated carbocycles. The quantitative estimate of drug-likeness (QED) is 0.612. The number of imidazole rings is 1. The monoisotopic (exact) mass is 436 g/mol. The molecule has 2 unspecified atom stereocenters. The normalized spacial score (nSPS) is 22.2. The van der Waals surface area contributed by atoms with E-state index in [9.17, 15) is 9.59 Å². The van der Waals surface area contributed by atoms with E-state index >= 15 is 0 Å². The molecule has 2 fully saturated rings. The highest BCUT2D eigenvalue weighted by Crippen LogP contribution is 2.47. The number of rotatable bonds is 5. The molecule has 1 aliphatic heterocycles. The second-order valence-electron chi connectivity index (χ2n) is 8.73. The molecule has 3 heterocycles. The summed E-state index contributed by atoms with van der Waals surface area (Å²) >= 11 is 1.50. The molecule has 3 aromatic rings. The molecule has 162 valence electrons. The lowest BCUT2D eigenvalue weighted by atomic mass is 10.2. The van der Waals surface area contributed by atoms with E-state index in [2.05, 4.69) is 15.3 Å². The van der Waals surface area contributed by atoms with Gasteiger partial charge in [-0.2, -0.15) is 0 Å². The molecule has 1 saturated heterocycles. The van der Waals surface area contributed by atoms with Crippen molar-refractivity contribution < 1.29 is 9.59 Å². The number of aromatic amines is 1. The lowest BCUT2D eigenvalue weighted by Gasteiger charge is -2.19. The number of thiophene rings is 1. The Kier molecular flexibility index (Phi) is 5.52. The van der Waals surface area contributed by atoms with Gasteiger partial charge in [0, 0.05) is 29.8 Å². The molecule has 2 aromatic heterocycles. The van der Waals surface area contributed by atoms with Gasteiger partial charge in [-0.25, -0.2) is 4.98 Å². The highest BCUT2D eigenvalue weighted by atomic mass is 32.1. The molecule has 1 aromatic carbocycles. The first-order valence-corrected chi connectivity index (χ1v) is 12.1. The van der Waals surface area contributed by atoms with E-state index in [1.54, 1.807) is 0 Å². The Morgan fingerprint density at radius 3 is 2.68 bits per heavy atom. The minimum Gasteiger partial charge on any atom is -0.349 e. The fourth-order valence-corrected chi connectivity index (χ4v) is 5.43. The van der Waals surface area contributed by atoms with Gasteiger partial charge in [0.15, 0.2) is 0 Å². The van der Waals surface area contributed by atoms with Crippen molar-refractivity contribution in [3.8, 4) is 0 Å². The third-order valence-electron chi connectivity index (χ3n) is 6.40. The van der Waals surface area contributed by atoms with Crippen molar-refractivity contribution >= 4 is 34.2 Å². The van der Waals surface area contributed by atoms with Gasteiger partial charge >= 0.3 is 0 Å². The number of fused-ring (bicyclic) bond motifs is 1. The van der Waals surface area contributed by atoms with Crippen LogP contribution in [0.4, 0.5) is 0 Å². The lowest BCUT2D eigenvalue weighted by molar-refractivity contribution is -0.123. The molecule has 2 amide bonds. The van der Waals surface area contributed by atoms with Crippen molar-refractivity contribution in [3.63, 3.8) is 0 Å². The SMILES string of the molecule is C[C@@H](NC(=O)C1CC1c1nc2ccccc2[nH]1)c1ccc(C(=O)N2CCCCCC2)s1.